The van der Waals surface area contributed by atoms with E-state index >= 15 is 0 Å². The van der Waals surface area contributed by atoms with E-state index in [1.54, 1.807) is 24.3 Å². The Kier molecular flexibility index (Phi) is 5.06. The van der Waals surface area contributed by atoms with Crippen molar-refractivity contribution in [2.45, 2.75) is 0 Å². The second-order valence-corrected chi connectivity index (χ2v) is 4.87. The summed E-state index contributed by atoms with van der Waals surface area (Å²) in [5.74, 6) is -6.76. The molecule has 0 spiro atoms. The zero-order chi connectivity index (χ0) is 15.4. The predicted octanol–water partition coefficient (Wildman–Crippen LogP) is 4.46. The average Bonchev–Trinajstić information content (AvgIpc) is 2.44. The van der Waals surface area contributed by atoms with Crippen LogP contribution in [-0.2, 0) is 0 Å². The van der Waals surface area contributed by atoms with Crippen molar-refractivity contribution in [2.75, 3.05) is 13.2 Å². The molecular weight excluding hydrogens is 356 g/mol. The van der Waals surface area contributed by atoms with Crippen LogP contribution in [0.2, 0.25) is 0 Å². The first-order valence-corrected chi connectivity index (χ1v) is 6.62. The molecule has 0 saturated carbocycles. The molecule has 2 rings (SSSR count). The Labute approximate surface area is 126 Å². The molecule has 0 aliphatic heterocycles. The maximum atomic E-state index is 13.3. The molecule has 0 N–H and O–H groups in total. The topological polar surface area (TPSA) is 18.5 Å². The maximum Gasteiger partial charge on any atom is 0.203 e. The Morgan fingerprint density at radius 2 is 1.48 bits per heavy atom. The minimum Gasteiger partial charge on any atom is -0.490 e. The van der Waals surface area contributed by atoms with Crippen molar-refractivity contribution in [3.05, 3.63) is 58.1 Å². The highest BCUT2D eigenvalue weighted by atomic mass is 79.9. The molecule has 112 valence electrons. The fourth-order valence-corrected chi connectivity index (χ4v) is 1.92. The summed E-state index contributed by atoms with van der Waals surface area (Å²) in [5, 5.41) is 0. The summed E-state index contributed by atoms with van der Waals surface area (Å²) < 4.78 is 63.2. The lowest BCUT2D eigenvalue weighted by atomic mass is 10.3. The van der Waals surface area contributed by atoms with Gasteiger partial charge in [-0.25, -0.2) is 8.78 Å². The summed E-state index contributed by atoms with van der Waals surface area (Å²) in [6.45, 7) is -0.323. The molecule has 2 aromatic rings. The molecule has 0 aromatic heterocycles. The summed E-state index contributed by atoms with van der Waals surface area (Å²) in [6, 6.07) is 7.01. The Morgan fingerprint density at radius 1 is 0.857 bits per heavy atom. The smallest absolute Gasteiger partial charge is 0.203 e. The highest BCUT2D eigenvalue weighted by Crippen LogP contribution is 2.26. The molecule has 0 heterocycles. The van der Waals surface area contributed by atoms with E-state index in [1.807, 2.05) is 0 Å². The lowest BCUT2D eigenvalue weighted by molar-refractivity contribution is 0.201. The first kappa shape index (κ1) is 15.6. The fourth-order valence-electron chi connectivity index (χ4n) is 1.54. The molecule has 0 bridgehead atoms. The van der Waals surface area contributed by atoms with E-state index in [-0.39, 0.29) is 19.3 Å². The number of rotatable bonds is 5. The number of ether oxygens (including phenoxy) is 2. The molecule has 0 unspecified atom stereocenters. The van der Waals surface area contributed by atoms with Gasteiger partial charge >= 0.3 is 0 Å². The van der Waals surface area contributed by atoms with Crippen LogP contribution >= 0.6 is 15.9 Å². The summed E-state index contributed by atoms with van der Waals surface area (Å²) >= 11 is 3.25. The molecular formula is C14H9BrF4O2. The van der Waals surface area contributed by atoms with Crippen molar-refractivity contribution in [3.8, 4) is 11.5 Å². The average molecular weight is 365 g/mol. The fraction of sp³-hybridized carbons (Fsp3) is 0.143. The third kappa shape index (κ3) is 3.87. The number of hydrogen-bond donors (Lipinski definition) is 0. The zero-order valence-electron chi connectivity index (χ0n) is 10.5. The van der Waals surface area contributed by atoms with Crippen LogP contribution in [0.4, 0.5) is 17.6 Å². The van der Waals surface area contributed by atoms with Gasteiger partial charge in [0.15, 0.2) is 17.4 Å². The molecule has 0 fully saturated rings. The third-order valence-corrected chi connectivity index (χ3v) is 2.96. The highest BCUT2D eigenvalue weighted by Gasteiger charge is 2.20. The monoisotopic (exact) mass is 364 g/mol. The van der Waals surface area contributed by atoms with Crippen LogP contribution in [-0.4, -0.2) is 13.2 Å². The van der Waals surface area contributed by atoms with Gasteiger partial charge < -0.3 is 9.47 Å². The van der Waals surface area contributed by atoms with E-state index in [0.717, 1.165) is 4.47 Å². The normalized spacial score (nSPS) is 10.5. The van der Waals surface area contributed by atoms with Gasteiger partial charge in [-0.05, 0) is 18.2 Å². The van der Waals surface area contributed by atoms with E-state index < -0.39 is 29.0 Å². The van der Waals surface area contributed by atoms with E-state index in [1.165, 1.54) is 0 Å². The minimum atomic E-state index is -1.57. The second kappa shape index (κ2) is 6.80. The molecule has 0 atom stereocenters. The molecule has 0 aliphatic rings. The quantitative estimate of drug-likeness (QED) is 0.443. The third-order valence-electron chi connectivity index (χ3n) is 2.47. The molecule has 2 nitrogen and oxygen atoms in total. The number of hydrogen-bond acceptors (Lipinski definition) is 2. The Morgan fingerprint density at radius 3 is 2.10 bits per heavy atom. The molecule has 2 aromatic carbocycles. The Bertz CT molecular complexity index is 623. The first-order chi connectivity index (χ1) is 9.99. The molecule has 0 radical (unpaired) electrons. The van der Waals surface area contributed by atoms with Crippen molar-refractivity contribution in [1.82, 2.24) is 0 Å². The summed E-state index contributed by atoms with van der Waals surface area (Å²) in [4.78, 5) is 0. The van der Waals surface area contributed by atoms with Gasteiger partial charge in [0.1, 0.15) is 19.0 Å². The number of halogens is 5. The number of benzene rings is 2. The van der Waals surface area contributed by atoms with Crippen LogP contribution in [0.3, 0.4) is 0 Å². The standard InChI is InChI=1S/C14H9BrF4O2/c15-8-2-1-3-9(6-8)20-4-5-21-14-12(18)10(16)7-11(17)13(14)19/h1-3,6-7H,4-5H2. The SMILES string of the molecule is Fc1cc(F)c(F)c(OCCOc2cccc(Br)c2)c1F. The predicted molar refractivity (Wildman–Crippen MR) is 71.4 cm³/mol. The van der Waals surface area contributed by atoms with Crippen molar-refractivity contribution >= 4 is 15.9 Å². The molecule has 0 amide bonds. The Balaban J connectivity index is 1.95. The van der Waals surface area contributed by atoms with Crippen LogP contribution in [0.15, 0.2) is 34.8 Å². The highest BCUT2D eigenvalue weighted by molar-refractivity contribution is 9.10. The van der Waals surface area contributed by atoms with Gasteiger partial charge in [0, 0.05) is 10.5 Å². The van der Waals surface area contributed by atoms with Gasteiger partial charge in [0.2, 0.25) is 11.6 Å². The van der Waals surface area contributed by atoms with Gasteiger partial charge in [-0.3, -0.25) is 0 Å². The maximum absolute atomic E-state index is 13.3. The lowest BCUT2D eigenvalue weighted by Crippen LogP contribution is -2.12. The second-order valence-electron chi connectivity index (χ2n) is 3.95. The molecule has 7 heteroatoms. The van der Waals surface area contributed by atoms with Gasteiger partial charge in [-0.15, -0.1) is 0 Å². The molecule has 0 aliphatic carbocycles. The Hall–Kier alpha value is -1.76. The summed E-state index contributed by atoms with van der Waals surface area (Å²) in [7, 11) is 0. The first-order valence-electron chi connectivity index (χ1n) is 5.83. The van der Waals surface area contributed by atoms with Crippen LogP contribution in [0, 0.1) is 23.3 Å². The van der Waals surface area contributed by atoms with E-state index in [4.69, 9.17) is 9.47 Å². The zero-order valence-corrected chi connectivity index (χ0v) is 12.1. The van der Waals surface area contributed by atoms with Crippen LogP contribution in [0.1, 0.15) is 0 Å². The minimum absolute atomic E-state index is 0.0481. The largest absolute Gasteiger partial charge is 0.490 e. The van der Waals surface area contributed by atoms with Crippen LogP contribution < -0.4 is 9.47 Å². The van der Waals surface area contributed by atoms with Crippen molar-refractivity contribution in [2.24, 2.45) is 0 Å². The van der Waals surface area contributed by atoms with E-state index in [2.05, 4.69) is 15.9 Å². The van der Waals surface area contributed by atoms with Crippen molar-refractivity contribution in [3.63, 3.8) is 0 Å². The van der Waals surface area contributed by atoms with Crippen LogP contribution in [0.25, 0.3) is 0 Å². The summed E-state index contributed by atoms with van der Waals surface area (Å²) in [6.07, 6.45) is 0. The van der Waals surface area contributed by atoms with Crippen LogP contribution in [0.5, 0.6) is 11.5 Å². The van der Waals surface area contributed by atoms with E-state index in [0.29, 0.717) is 5.75 Å². The van der Waals surface area contributed by atoms with Crippen molar-refractivity contribution in [1.29, 1.82) is 0 Å². The van der Waals surface area contributed by atoms with Crippen molar-refractivity contribution < 1.29 is 27.0 Å². The summed E-state index contributed by atoms with van der Waals surface area (Å²) in [5.41, 5.74) is 0. The van der Waals surface area contributed by atoms with Gasteiger partial charge in [0.05, 0.1) is 0 Å². The van der Waals surface area contributed by atoms with Gasteiger partial charge in [-0.1, -0.05) is 22.0 Å². The molecule has 21 heavy (non-hydrogen) atoms. The molecule has 0 saturated heterocycles. The van der Waals surface area contributed by atoms with Gasteiger partial charge in [0.25, 0.3) is 0 Å². The van der Waals surface area contributed by atoms with Gasteiger partial charge in [-0.2, -0.15) is 8.78 Å². The van der Waals surface area contributed by atoms with E-state index in [9.17, 15) is 17.6 Å². The lowest BCUT2D eigenvalue weighted by Gasteiger charge is -2.10.